The van der Waals surface area contributed by atoms with Gasteiger partial charge in [0.15, 0.2) is 0 Å². The largest absolute Gasteiger partial charge is 0.350 e. The first-order valence-electron chi connectivity index (χ1n) is 7.11. The molecule has 0 radical (unpaired) electrons. The van der Waals surface area contributed by atoms with Gasteiger partial charge < -0.3 is 5.32 Å². The Bertz CT molecular complexity index is 738. The summed E-state index contributed by atoms with van der Waals surface area (Å²) in [6.07, 6.45) is 4.22. The molecule has 0 aliphatic rings. The lowest BCUT2D eigenvalue weighted by atomic mass is 10.1. The molecule has 0 saturated heterocycles. The third-order valence-corrected chi connectivity index (χ3v) is 3.32. The van der Waals surface area contributed by atoms with Crippen LogP contribution in [-0.4, -0.2) is 27.6 Å². The van der Waals surface area contributed by atoms with E-state index in [2.05, 4.69) is 20.5 Å². The summed E-state index contributed by atoms with van der Waals surface area (Å²) in [7, 11) is 0. The van der Waals surface area contributed by atoms with Crippen LogP contribution < -0.4 is 5.32 Å². The van der Waals surface area contributed by atoms with Crippen molar-refractivity contribution in [3.05, 3.63) is 72.2 Å². The molecule has 22 heavy (non-hydrogen) atoms. The molecule has 0 unspecified atom stereocenters. The number of benzene rings is 1. The van der Waals surface area contributed by atoms with Gasteiger partial charge in [-0.2, -0.15) is 5.10 Å². The molecule has 0 spiro atoms. The van der Waals surface area contributed by atoms with Gasteiger partial charge in [0.2, 0.25) is 0 Å². The smallest absolute Gasteiger partial charge is 0.269 e. The molecule has 110 valence electrons. The van der Waals surface area contributed by atoms with Crippen LogP contribution in [0.1, 0.15) is 16.1 Å². The number of nitrogens with one attached hydrogen (secondary N) is 2. The summed E-state index contributed by atoms with van der Waals surface area (Å²) in [6, 6.07) is 15.5. The Labute approximate surface area is 128 Å². The van der Waals surface area contributed by atoms with Crippen molar-refractivity contribution in [1.82, 2.24) is 20.5 Å². The fourth-order valence-corrected chi connectivity index (χ4v) is 2.16. The molecule has 3 aromatic rings. The van der Waals surface area contributed by atoms with Gasteiger partial charge in [0, 0.05) is 24.5 Å². The van der Waals surface area contributed by atoms with Gasteiger partial charge in [-0.05, 0) is 30.2 Å². The number of H-pyrrole nitrogens is 1. The first-order valence-corrected chi connectivity index (χ1v) is 7.11. The van der Waals surface area contributed by atoms with Crippen LogP contribution in [0.4, 0.5) is 0 Å². The van der Waals surface area contributed by atoms with E-state index in [1.54, 1.807) is 18.5 Å². The van der Waals surface area contributed by atoms with E-state index >= 15 is 0 Å². The van der Waals surface area contributed by atoms with Gasteiger partial charge in [0.1, 0.15) is 5.69 Å². The minimum absolute atomic E-state index is 0.154. The van der Waals surface area contributed by atoms with Crippen LogP contribution >= 0.6 is 0 Å². The van der Waals surface area contributed by atoms with Crippen LogP contribution in [0.3, 0.4) is 0 Å². The van der Waals surface area contributed by atoms with Crippen LogP contribution in [-0.2, 0) is 6.42 Å². The van der Waals surface area contributed by atoms with E-state index < -0.39 is 0 Å². The molecule has 0 aliphatic carbocycles. The first kappa shape index (κ1) is 14.0. The van der Waals surface area contributed by atoms with Crippen molar-refractivity contribution in [2.45, 2.75) is 6.42 Å². The van der Waals surface area contributed by atoms with Gasteiger partial charge in [0.05, 0.1) is 5.69 Å². The van der Waals surface area contributed by atoms with Crippen LogP contribution in [0.5, 0.6) is 0 Å². The van der Waals surface area contributed by atoms with E-state index in [0.717, 1.165) is 12.0 Å². The number of aromatic nitrogens is 3. The molecular formula is C17H16N4O. The molecule has 2 N–H and O–H groups in total. The monoisotopic (exact) mass is 292 g/mol. The van der Waals surface area contributed by atoms with Gasteiger partial charge in [-0.15, -0.1) is 0 Å². The molecule has 0 bridgehead atoms. The number of rotatable bonds is 5. The number of amides is 1. The second kappa shape index (κ2) is 6.67. The van der Waals surface area contributed by atoms with E-state index in [0.29, 0.717) is 17.9 Å². The van der Waals surface area contributed by atoms with Gasteiger partial charge in [0.25, 0.3) is 5.91 Å². The number of aromatic amines is 1. The average Bonchev–Trinajstić information content (AvgIpc) is 3.07. The summed E-state index contributed by atoms with van der Waals surface area (Å²) in [6.45, 7) is 0.587. The average molecular weight is 292 g/mol. The van der Waals surface area contributed by atoms with Gasteiger partial charge in [-0.3, -0.25) is 14.9 Å². The lowest BCUT2D eigenvalue weighted by molar-refractivity contribution is 0.0949. The fraction of sp³-hybridized carbons (Fsp3) is 0.118. The van der Waals surface area contributed by atoms with Crippen LogP contribution in [0, 0.1) is 0 Å². The highest BCUT2D eigenvalue weighted by atomic mass is 16.1. The number of pyridine rings is 1. The summed E-state index contributed by atoms with van der Waals surface area (Å²) < 4.78 is 0. The molecule has 2 aromatic heterocycles. The maximum absolute atomic E-state index is 12.1. The maximum Gasteiger partial charge on any atom is 0.269 e. The predicted octanol–water partition coefficient (Wildman–Crippen LogP) is 2.44. The Morgan fingerprint density at radius 2 is 2.00 bits per heavy atom. The first-order chi connectivity index (χ1) is 10.8. The molecule has 0 fully saturated rings. The van der Waals surface area contributed by atoms with E-state index in [9.17, 15) is 4.79 Å². The molecule has 0 aliphatic heterocycles. The second-order valence-corrected chi connectivity index (χ2v) is 4.90. The maximum atomic E-state index is 12.1. The number of hydrogen-bond donors (Lipinski definition) is 2. The fourth-order valence-electron chi connectivity index (χ4n) is 2.16. The SMILES string of the molecule is O=C(NCCc1ccccc1)c1cc(-c2cccnc2)n[nH]1. The normalized spacial score (nSPS) is 10.4. The van der Waals surface area contributed by atoms with Crippen LogP contribution in [0.2, 0.25) is 0 Å². The van der Waals surface area contributed by atoms with Crippen molar-refractivity contribution in [2.24, 2.45) is 0 Å². The lowest BCUT2D eigenvalue weighted by Crippen LogP contribution is -2.25. The van der Waals surface area contributed by atoms with Crippen molar-refractivity contribution in [3.8, 4) is 11.3 Å². The summed E-state index contributed by atoms with van der Waals surface area (Å²) in [5.74, 6) is -0.154. The summed E-state index contributed by atoms with van der Waals surface area (Å²) in [4.78, 5) is 16.1. The molecular weight excluding hydrogens is 276 g/mol. The molecule has 2 heterocycles. The molecule has 1 aromatic carbocycles. The van der Waals surface area contributed by atoms with Gasteiger partial charge in [-0.25, -0.2) is 0 Å². The van der Waals surface area contributed by atoms with Crippen LogP contribution in [0.15, 0.2) is 60.9 Å². The lowest BCUT2D eigenvalue weighted by Gasteiger charge is -2.03. The Balaban J connectivity index is 1.58. The molecule has 3 rings (SSSR count). The zero-order chi connectivity index (χ0) is 15.2. The van der Waals surface area contributed by atoms with E-state index in [1.165, 1.54) is 5.56 Å². The van der Waals surface area contributed by atoms with Crippen LogP contribution in [0.25, 0.3) is 11.3 Å². The van der Waals surface area contributed by atoms with Gasteiger partial charge in [-0.1, -0.05) is 30.3 Å². The Morgan fingerprint density at radius 1 is 1.14 bits per heavy atom. The number of hydrogen-bond acceptors (Lipinski definition) is 3. The highest BCUT2D eigenvalue weighted by Crippen LogP contribution is 2.15. The minimum atomic E-state index is -0.154. The van der Waals surface area contributed by atoms with Crippen molar-refractivity contribution in [1.29, 1.82) is 0 Å². The van der Waals surface area contributed by atoms with Crippen molar-refractivity contribution in [3.63, 3.8) is 0 Å². The van der Waals surface area contributed by atoms with Crippen molar-refractivity contribution >= 4 is 5.91 Å². The zero-order valence-electron chi connectivity index (χ0n) is 12.0. The summed E-state index contributed by atoms with van der Waals surface area (Å²) >= 11 is 0. The minimum Gasteiger partial charge on any atom is -0.350 e. The van der Waals surface area contributed by atoms with Crippen molar-refractivity contribution in [2.75, 3.05) is 6.54 Å². The third-order valence-electron chi connectivity index (χ3n) is 3.32. The zero-order valence-corrected chi connectivity index (χ0v) is 12.0. The molecule has 0 atom stereocenters. The van der Waals surface area contributed by atoms with Gasteiger partial charge >= 0.3 is 0 Å². The molecule has 5 heteroatoms. The Hall–Kier alpha value is -2.95. The molecule has 0 saturated carbocycles. The summed E-state index contributed by atoms with van der Waals surface area (Å²) in [5.41, 5.74) is 3.23. The quantitative estimate of drug-likeness (QED) is 0.759. The highest BCUT2D eigenvalue weighted by molar-refractivity contribution is 5.93. The van der Waals surface area contributed by atoms with Crippen molar-refractivity contribution < 1.29 is 4.79 Å². The Morgan fingerprint density at radius 3 is 2.77 bits per heavy atom. The standard InChI is InChI=1S/C17H16N4O/c22-17(19-10-8-13-5-2-1-3-6-13)16-11-15(20-21-16)14-7-4-9-18-12-14/h1-7,9,11-12H,8,10H2,(H,19,22)(H,20,21). The number of carbonyl (C=O) groups excluding carboxylic acids is 1. The molecule has 5 nitrogen and oxygen atoms in total. The second-order valence-electron chi connectivity index (χ2n) is 4.90. The molecule has 1 amide bonds. The van der Waals surface area contributed by atoms with E-state index in [4.69, 9.17) is 0 Å². The van der Waals surface area contributed by atoms with E-state index in [1.807, 2.05) is 42.5 Å². The summed E-state index contributed by atoms with van der Waals surface area (Å²) in [5, 5.41) is 9.80. The number of nitrogens with zero attached hydrogens (tertiary/aromatic N) is 2. The van der Waals surface area contributed by atoms with E-state index in [-0.39, 0.29) is 5.91 Å². The Kier molecular flexibility index (Phi) is 4.25. The predicted molar refractivity (Wildman–Crippen MR) is 84.3 cm³/mol. The topological polar surface area (TPSA) is 70.7 Å². The third kappa shape index (κ3) is 3.38. The highest BCUT2D eigenvalue weighted by Gasteiger charge is 2.10. The number of carbonyl (C=O) groups is 1.